The Labute approximate surface area is 132 Å². The highest BCUT2D eigenvalue weighted by Gasteiger charge is 2.23. The SMILES string of the molecule is c1ccc(CC2CCN(Cc3cc4n(n3)CCNC4)C2)cc1. The molecule has 1 aromatic carbocycles. The van der Waals surface area contributed by atoms with Crippen molar-refractivity contribution in [3.05, 3.63) is 53.3 Å². The van der Waals surface area contributed by atoms with E-state index in [-0.39, 0.29) is 0 Å². The van der Waals surface area contributed by atoms with Crippen molar-refractivity contribution in [3.8, 4) is 0 Å². The first-order valence-corrected chi connectivity index (χ1v) is 8.39. The molecule has 3 heterocycles. The van der Waals surface area contributed by atoms with Crippen LogP contribution in [0.5, 0.6) is 0 Å². The number of rotatable bonds is 4. The van der Waals surface area contributed by atoms with Gasteiger partial charge in [-0.2, -0.15) is 5.10 Å². The number of fused-ring (bicyclic) bond motifs is 1. The molecule has 0 spiro atoms. The normalized spacial score (nSPS) is 21.9. The summed E-state index contributed by atoms with van der Waals surface area (Å²) in [4.78, 5) is 2.56. The highest BCUT2D eigenvalue weighted by Crippen LogP contribution is 2.22. The predicted molar refractivity (Wildman–Crippen MR) is 87.5 cm³/mol. The van der Waals surface area contributed by atoms with Crippen LogP contribution in [0.15, 0.2) is 36.4 Å². The molecule has 1 aromatic heterocycles. The maximum atomic E-state index is 4.76. The van der Waals surface area contributed by atoms with Gasteiger partial charge < -0.3 is 5.32 Å². The third-order valence-electron chi connectivity index (χ3n) is 4.84. The van der Waals surface area contributed by atoms with Crippen molar-refractivity contribution in [1.29, 1.82) is 0 Å². The summed E-state index contributed by atoms with van der Waals surface area (Å²) in [7, 11) is 0. The number of hydrogen-bond acceptors (Lipinski definition) is 3. The molecule has 1 fully saturated rings. The summed E-state index contributed by atoms with van der Waals surface area (Å²) in [6.07, 6.45) is 2.52. The summed E-state index contributed by atoms with van der Waals surface area (Å²) in [5.74, 6) is 0.793. The molecule has 0 radical (unpaired) electrons. The van der Waals surface area contributed by atoms with Crippen LogP contribution in [0.2, 0.25) is 0 Å². The smallest absolute Gasteiger partial charge is 0.0768 e. The highest BCUT2D eigenvalue weighted by molar-refractivity contribution is 5.16. The zero-order chi connectivity index (χ0) is 14.8. The zero-order valence-corrected chi connectivity index (χ0v) is 13.0. The molecule has 1 unspecified atom stereocenters. The molecule has 1 atom stereocenters. The molecule has 1 N–H and O–H groups in total. The average Bonchev–Trinajstić information content (AvgIpc) is 3.14. The molecular formula is C18H24N4. The summed E-state index contributed by atoms with van der Waals surface area (Å²) in [5, 5.41) is 8.17. The molecule has 4 nitrogen and oxygen atoms in total. The Balaban J connectivity index is 1.34. The van der Waals surface area contributed by atoms with Crippen LogP contribution in [0.1, 0.15) is 23.4 Å². The van der Waals surface area contributed by atoms with Crippen LogP contribution in [-0.2, 0) is 26.1 Å². The molecule has 4 heteroatoms. The van der Waals surface area contributed by atoms with Crippen molar-refractivity contribution in [1.82, 2.24) is 20.0 Å². The fourth-order valence-corrected chi connectivity index (χ4v) is 3.73. The molecule has 0 bridgehead atoms. The van der Waals surface area contributed by atoms with E-state index in [1.54, 1.807) is 0 Å². The standard InChI is InChI=1S/C18H24N4/c1-2-4-15(5-3-1)10-16-6-8-21(13-16)14-17-11-18-12-19-7-9-22(18)20-17/h1-5,11,16,19H,6-10,12-14H2. The lowest BCUT2D eigenvalue weighted by molar-refractivity contribution is 0.310. The average molecular weight is 296 g/mol. The maximum Gasteiger partial charge on any atom is 0.0768 e. The molecule has 2 aliphatic heterocycles. The van der Waals surface area contributed by atoms with Gasteiger partial charge >= 0.3 is 0 Å². The van der Waals surface area contributed by atoms with Crippen LogP contribution in [0.3, 0.4) is 0 Å². The monoisotopic (exact) mass is 296 g/mol. The molecule has 0 aliphatic carbocycles. The second-order valence-electron chi connectivity index (χ2n) is 6.61. The fourth-order valence-electron chi connectivity index (χ4n) is 3.73. The Morgan fingerprint density at radius 3 is 2.95 bits per heavy atom. The van der Waals surface area contributed by atoms with E-state index in [0.717, 1.165) is 32.1 Å². The van der Waals surface area contributed by atoms with E-state index >= 15 is 0 Å². The van der Waals surface area contributed by atoms with Gasteiger partial charge in [-0.1, -0.05) is 30.3 Å². The summed E-state index contributed by atoms with van der Waals surface area (Å²) in [6, 6.07) is 13.2. The molecule has 0 amide bonds. The Hall–Kier alpha value is -1.65. The van der Waals surface area contributed by atoms with Gasteiger partial charge in [0.2, 0.25) is 0 Å². The molecule has 2 aromatic rings. The van der Waals surface area contributed by atoms with Gasteiger partial charge in [0.05, 0.1) is 17.9 Å². The molecule has 4 rings (SSSR count). The van der Waals surface area contributed by atoms with Gasteiger partial charge in [-0.15, -0.1) is 0 Å². The van der Waals surface area contributed by atoms with E-state index in [1.807, 2.05) is 0 Å². The predicted octanol–water partition coefficient (Wildman–Crippen LogP) is 2.05. The van der Waals surface area contributed by atoms with Gasteiger partial charge in [0.1, 0.15) is 0 Å². The van der Waals surface area contributed by atoms with E-state index in [4.69, 9.17) is 5.10 Å². The van der Waals surface area contributed by atoms with Crippen molar-refractivity contribution in [3.63, 3.8) is 0 Å². The minimum atomic E-state index is 0.793. The Morgan fingerprint density at radius 2 is 2.09 bits per heavy atom. The third kappa shape index (κ3) is 3.08. The van der Waals surface area contributed by atoms with Crippen LogP contribution in [0, 0.1) is 5.92 Å². The van der Waals surface area contributed by atoms with E-state index in [2.05, 4.69) is 51.3 Å². The minimum absolute atomic E-state index is 0.793. The van der Waals surface area contributed by atoms with E-state index in [0.29, 0.717) is 0 Å². The van der Waals surface area contributed by atoms with Gasteiger partial charge in [0.15, 0.2) is 0 Å². The summed E-state index contributed by atoms with van der Waals surface area (Å²) in [6.45, 7) is 6.42. The van der Waals surface area contributed by atoms with Crippen molar-refractivity contribution < 1.29 is 0 Å². The Kier molecular flexibility index (Phi) is 3.95. The highest BCUT2D eigenvalue weighted by atomic mass is 15.3. The molecule has 1 saturated heterocycles. The van der Waals surface area contributed by atoms with Gasteiger partial charge in [-0.05, 0) is 36.9 Å². The Morgan fingerprint density at radius 1 is 1.18 bits per heavy atom. The molecule has 0 saturated carbocycles. The van der Waals surface area contributed by atoms with Crippen molar-refractivity contribution >= 4 is 0 Å². The number of hydrogen-bond donors (Lipinski definition) is 1. The van der Waals surface area contributed by atoms with Gasteiger partial charge in [0.25, 0.3) is 0 Å². The number of nitrogens with one attached hydrogen (secondary N) is 1. The van der Waals surface area contributed by atoms with Crippen LogP contribution in [-0.4, -0.2) is 34.3 Å². The lowest BCUT2D eigenvalue weighted by Crippen LogP contribution is -2.28. The van der Waals surface area contributed by atoms with E-state index in [1.165, 1.54) is 42.9 Å². The molecule has 116 valence electrons. The number of aromatic nitrogens is 2. The summed E-state index contributed by atoms with van der Waals surface area (Å²) >= 11 is 0. The van der Waals surface area contributed by atoms with Crippen LogP contribution >= 0.6 is 0 Å². The third-order valence-corrected chi connectivity index (χ3v) is 4.84. The van der Waals surface area contributed by atoms with Crippen LogP contribution in [0.4, 0.5) is 0 Å². The summed E-state index contributed by atoms with van der Waals surface area (Å²) in [5.41, 5.74) is 4.04. The summed E-state index contributed by atoms with van der Waals surface area (Å²) < 4.78 is 2.17. The first-order chi connectivity index (χ1) is 10.9. The van der Waals surface area contributed by atoms with E-state index in [9.17, 15) is 0 Å². The van der Waals surface area contributed by atoms with Crippen LogP contribution < -0.4 is 5.32 Å². The van der Waals surface area contributed by atoms with Crippen molar-refractivity contribution in [2.75, 3.05) is 19.6 Å². The molecule has 2 aliphatic rings. The topological polar surface area (TPSA) is 33.1 Å². The lowest BCUT2D eigenvalue weighted by Gasteiger charge is -2.15. The number of benzene rings is 1. The Bertz CT molecular complexity index is 596. The largest absolute Gasteiger partial charge is 0.309 e. The fraction of sp³-hybridized carbons (Fsp3) is 0.500. The van der Waals surface area contributed by atoms with E-state index < -0.39 is 0 Å². The zero-order valence-electron chi connectivity index (χ0n) is 13.0. The quantitative estimate of drug-likeness (QED) is 0.937. The molecular weight excluding hydrogens is 272 g/mol. The van der Waals surface area contributed by atoms with Crippen molar-refractivity contribution in [2.45, 2.75) is 32.5 Å². The first kappa shape index (κ1) is 14.0. The maximum absolute atomic E-state index is 4.76. The minimum Gasteiger partial charge on any atom is -0.309 e. The van der Waals surface area contributed by atoms with Crippen molar-refractivity contribution in [2.24, 2.45) is 5.92 Å². The molecule has 22 heavy (non-hydrogen) atoms. The van der Waals surface area contributed by atoms with Crippen LogP contribution in [0.25, 0.3) is 0 Å². The number of likely N-dealkylation sites (tertiary alicyclic amines) is 1. The van der Waals surface area contributed by atoms with Gasteiger partial charge in [0, 0.05) is 26.2 Å². The van der Waals surface area contributed by atoms with Gasteiger partial charge in [-0.3, -0.25) is 9.58 Å². The second-order valence-corrected chi connectivity index (χ2v) is 6.61. The first-order valence-electron chi connectivity index (χ1n) is 8.39. The lowest BCUT2D eigenvalue weighted by atomic mass is 9.99. The van der Waals surface area contributed by atoms with Gasteiger partial charge in [-0.25, -0.2) is 0 Å². The number of nitrogens with zero attached hydrogens (tertiary/aromatic N) is 3. The second kappa shape index (κ2) is 6.23.